The molecular weight excluding hydrogens is 276 g/mol. The van der Waals surface area contributed by atoms with Crippen molar-refractivity contribution in [3.8, 4) is 0 Å². The maximum Gasteiger partial charge on any atom is 0.0940 e. The Morgan fingerprint density at radius 2 is 2.30 bits per heavy atom. The zero-order valence-electron chi connectivity index (χ0n) is 11.6. The molecule has 0 radical (unpaired) electrons. The van der Waals surface area contributed by atoms with Crippen LogP contribution in [0.3, 0.4) is 0 Å². The van der Waals surface area contributed by atoms with Gasteiger partial charge in [0.1, 0.15) is 0 Å². The SMILES string of the molecule is OC(Cc1cccc(Cl)c1)C1CCOC2(CCOC2)C1. The number of aliphatic hydroxyl groups excluding tert-OH is 1. The van der Waals surface area contributed by atoms with Gasteiger partial charge in [-0.15, -0.1) is 0 Å². The van der Waals surface area contributed by atoms with Crippen molar-refractivity contribution in [3.05, 3.63) is 34.9 Å². The van der Waals surface area contributed by atoms with Gasteiger partial charge in [-0.05, 0) is 42.9 Å². The molecule has 3 atom stereocenters. The highest BCUT2D eigenvalue weighted by molar-refractivity contribution is 6.30. The van der Waals surface area contributed by atoms with Crippen LogP contribution in [-0.4, -0.2) is 36.6 Å². The Hall–Kier alpha value is -0.610. The maximum atomic E-state index is 10.5. The highest BCUT2D eigenvalue weighted by Gasteiger charge is 2.42. The molecule has 0 amide bonds. The second kappa shape index (κ2) is 6.02. The number of rotatable bonds is 3. The molecule has 2 aliphatic rings. The molecule has 2 heterocycles. The third-order valence-electron chi connectivity index (χ3n) is 4.48. The lowest BCUT2D eigenvalue weighted by Crippen LogP contribution is -2.44. The Kier molecular flexibility index (Phi) is 4.32. The summed E-state index contributed by atoms with van der Waals surface area (Å²) in [6.07, 6.45) is 3.09. The molecule has 0 aliphatic carbocycles. The highest BCUT2D eigenvalue weighted by Crippen LogP contribution is 2.37. The summed E-state index contributed by atoms with van der Waals surface area (Å²) < 4.78 is 11.4. The van der Waals surface area contributed by atoms with E-state index in [0.29, 0.717) is 13.0 Å². The molecule has 3 nitrogen and oxygen atoms in total. The van der Waals surface area contributed by atoms with Crippen LogP contribution in [0.2, 0.25) is 5.02 Å². The van der Waals surface area contributed by atoms with E-state index in [1.54, 1.807) is 0 Å². The fraction of sp³-hybridized carbons (Fsp3) is 0.625. The summed E-state index contributed by atoms with van der Waals surface area (Å²) in [5.74, 6) is 0.282. The molecule has 0 saturated carbocycles. The summed E-state index contributed by atoms with van der Waals surface area (Å²) in [6, 6.07) is 7.73. The Morgan fingerprint density at radius 3 is 3.05 bits per heavy atom. The van der Waals surface area contributed by atoms with E-state index in [1.807, 2.05) is 24.3 Å². The lowest BCUT2D eigenvalue weighted by molar-refractivity contribution is -0.116. The predicted molar refractivity (Wildman–Crippen MR) is 78.0 cm³/mol. The van der Waals surface area contributed by atoms with Crippen LogP contribution < -0.4 is 0 Å². The van der Waals surface area contributed by atoms with E-state index in [2.05, 4.69) is 0 Å². The number of benzene rings is 1. The summed E-state index contributed by atoms with van der Waals surface area (Å²) in [5, 5.41) is 11.2. The topological polar surface area (TPSA) is 38.7 Å². The molecule has 1 aromatic rings. The van der Waals surface area contributed by atoms with Gasteiger partial charge in [-0.3, -0.25) is 0 Å². The normalized spacial score (nSPS) is 31.6. The van der Waals surface area contributed by atoms with E-state index >= 15 is 0 Å². The van der Waals surface area contributed by atoms with Crippen LogP contribution in [-0.2, 0) is 15.9 Å². The lowest BCUT2D eigenvalue weighted by atomic mass is 9.80. The van der Waals surface area contributed by atoms with E-state index in [-0.39, 0.29) is 17.6 Å². The molecule has 20 heavy (non-hydrogen) atoms. The molecule has 2 fully saturated rings. The fourth-order valence-electron chi connectivity index (χ4n) is 3.33. The second-order valence-electron chi connectivity index (χ2n) is 5.99. The molecule has 1 aromatic carbocycles. The van der Waals surface area contributed by atoms with Crippen LogP contribution in [0, 0.1) is 5.92 Å². The highest BCUT2D eigenvalue weighted by atomic mass is 35.5. The maximum absolute atomic E-state index is 10.5. The largest absolute Gasteiger partial charge is 0.392 e. The van der Waals surface area contributed by atoms with E-state index in [0.717, 1.165) is 43.1 Å². The van der Waals surface area contributed by atoms with Crippen molar-refractivity contribution in [1.82, 2.24) is 0 Å². The molecule has 3 rings (SSSR count). The lowest BCUT2D eigenvalue weighted by Gasteiger charge is -2.39. The van der Waals surface area contributed by atoms with Gasteiger partial charge in [-0.2, -0.15) is 0 Å². The number of ether oxygens (including phenoxy) is 2. The zero-order valence-corrected chi connectivity index (χ0v) is 12.3. The molecule has 2 saturated heterocycles. The van der Waals surface area contributed by atoms with Crippen molar-refractivity contribution in [1.29, 1.82) is 0 Å². The number of hydrogen-bond donors (Lipinski definition) is 1. The first-order valence-electron chi connectivity index (χ1n) is 7.31. The summed E-state index contributed by atoms with van der Waals surface area (Å²) >= 11 is 5.99. The van der Waals surface area contributed by atoms with Crippen molar-refractivity contribution in [2.75, 3.05) is 19.8 Å². The van der Waals surface area contributed by atoms with Gasteiger partial charge in [0.15, 0.2) is 0 Å². The first-order chi connectivity index (χ1) is 9.67. The second-order valence-corrected chi connectivity index (χ2v) is 6.42. The molecule has 3 unspecified atom stereocenters. The van der Waals surface area contributed by atoms with E-state index < -0.39 is 0 Å². The van der Waals surface area contributed by atoms with Crippen LogP contribution in [0.1, 0.15) is 24.8 Å². The smallest absolute Gasteiger partial charge is 0.0940 e. The van der Waals surface area contributed by atoms with Gasteiger partial charge in [0.05, 0.1) is 18.3 Å². The number of halogens is 1. The van der Waals surface area contributed by atoms with E-state index in [4.69, 9.17) is 21.1 Å². The molecular formula is C16H21ClO3. The van der Waals surface area contributed by atoms with Gasteiger partial charge >= 0.3 is 0 Å². The van der Waals surface area contributed by atoms with Gasteiger partial charge in [0, 0.05) is 24.7 Å². The Bertz CT molecular complexity index is 457. The summed E-state index contributed by atoms with van der Waals surface area (Å²) in [5.41, 5.74) is 0.950. The van der Waals surface area contributed by atoms with Crippen molar-refractivity contribution in [3.63, 3.8) is 0 Å². The number of aliphatic hydroxyl groups is 1. The van der Waals surface area contributed by atoms with Crippen molar-refractivity contribution in [2.24, 2.45) is 5.92 Å². The summed E-state index contributed by atoms with van der Waals surface area (Å²) in [7, 11) is 0. The first-order valence-corrected chi connectivity index (χ1v) is 7.69. The number of hydrogen-bond acceptors (Lipinski definition) is 3. The van der Waals surface area contributed by atoms with Crippen LogP contribution in [0.5, 0.6) is 0 Å². The molecule has 1 spiro atoms. The zero-order chi connectivity index (χ0) is 14.0. The van der Waals surface area contributed by atoms with Crippen LogP contribution in [0.4, 0.5) is 0 Å². The monoisotopic (exact) mass is 296 g/mol. The quantitative estimate of drug-likeness (QED) is 0.932. The third kappa shape index (κ3) is 3.17. The first kappa shape index (κ1) is 14.3. The van der Waals surface area contributed by atoms with Crippen molar-refractivity contribution >= 4 is 11.6 Å². The minimum absolute atomic E-state index is 0.141. The Labute approximate surface area is 124 Å². The van der Waals surface area contributed by atoms with Gasteiger partial charge in [-0.1, -0.05) is 23.7 Å². The van der Waals surface area contributed by atoms with Crippen LogP contribution in [0.15, 0.2) is 24.3 Å². The van der Waals surface area contributed by atoms with Gasteiger partial charge in [0.2, 0.25) is 0 Å². The Morgan fingerprint density at radius 1 is 1.40 bits per heavy atom. The molecule has 2 aliphatic heterocycles. The molecule has 110 valence electrons. The molecule has 1 N–H and O–H groups in total. The van der Waals surface area contributed by atoms with Crippen molar-refractivity contribution < 1.29 is 14.6 Å². The average molecular weight is 297 g/mol. The van der Waals surface area contributed by atoms with Gasteiger partial charge in [0.25, 0.3) is 0 Å². The van der Waals surface area contributed by atoms with Crippen molar-refractivity contribution in [2.45, 2.75) is 37.4 Å². The third-order valence-corrected chi connectivity index (χ3v) is 4.71. The van der Waals surface area contributed by atoms with E-state index in [9.17, 15) is 5.11 Å². The fourth-order valence-corrected chi connectivity index (χ4v) is 3.54. The minimum Gasteiger partial charge on any atom is -0.392 e. The average Bonchev–Trinajstić information content (AvgIpc) is 2.87. The van der Waals surface area contributed by atoms with Crippen LogP contribution >= 0.6 is 11.6 Å². The molecule has 0 bridgehead atoms. The standard InChI is InChI=1S/C16H21ClO3/c17-14-3-1-2-12(8-14)9-15(18)13-4-6-20-16(10-13)5-7-19-11-16/h1-3,8,13,15,18H,4-7,9-11H2. The van der Waals surface area contributed by atoms with Crippen LogP contribution in [0.25, 0.3) is 0 Å². The van der Waals surface area contributed by atoms with Gasteiger partial charge in [-0.25, -0.2) is 0 Å². The summed E-state index contributed by atoms with van der Waals surface area (Å²) in [4.78, 5) is 0. The predicted octanol–water partition coefficient (Wildman–Crippen LogP) is 2.83. The molecule has 4 heteroatoms. The summed E-state index contributed by atoms with van der Waals surface area (Å²) in [6.45, 7) is 2.17. The Balaban J connectivity index is 1.63. The minimum atomic E-state index is -0.338. The van der Waals surface area contributed by atoms with E-state index in [1.165, 1.54) is 0 Å². The molecule has 0 aromatic heterocycles. The van der Waals surface area contributed by atoms with Gasteiger partial charge < -0.3 is 14.6 Å².